The first kappa shape index (κ1) is 25.7. The number of nitrogens with one attached hydrogen (secondary N) is 3. The number of hydrogen-bond donors (Lipinski definition) is 3. The van der Waals surface area contributed by atoms with E-state index < -0.39 is 15.9 Å². The fraction of sp³-hybridized carbons (Fsp3) is 0.160. The van der Waals surface area contributed by atoms with Crippen molar-refractivity contribution in [3.63, 3.8) is 0 Å². The van der Waals surface area contributed by atoms with E-state index in [2.05, 4.69) is 25.3 Å². The molecule has 0 atom stereocenters. The van der Waals surface area contributed by atoms with Crippen molar-refractivity contribution in [2.24, 2.45) is 0 Å². The van der Waals surface area contributed by atoms with Crippen LogP contribution in [0.15, 0.2) is 71.6 Å². The Kier molecular flexibility index (Phi) is 7.70. The number of amides is 1. The minimum absolute atomic E-state index is 0.0192. The fourth-order valence-corrected chi connectivity index (χ4v) is 4.48. The largest absolute Gasteiger partial charge is 0.497 e. The molecule has 4 aromatic rings. The predicted octanol–water partition coefficient (Wildman–Crippen LogP) is 3.78. The Labute approximate surface area is 213 Å². The monoisotopic (exact) mass is 523 g/mol. The molecule has 4 rings (SSSR count). The number of aromatic nitrogens is 2. The molecule has 11 nitrogen and oxygen atoms in total. The molecule has 0 unspecified atom stereocenters. The number of para-hydroxylation sites is 2. The smallest absolute Gasteiger partial charge is 0.263 e. The Morgan fingerprint density at radius 2 is 1.46 bits per heavy atom. The molecule has 0 aliphatic heterocycles. The van der Waals surface area contributed by atoms with Gasteiger partial charge >= 0.3 is 0 Å². The predicted molar refractivity (Wildman–Crippen MR) is 140 cm³/mol. The van der Waals surface area contributed by atoms with E-state index in [-0.39, 0.29) is 23.1 Å². The number of carbonyl (C=O) groups excluding carboxylic acids is 1. The number of benzene rings is 3. The highest BCUT2D eigenvalue weighted by Crippen LogP contribution is 2.31. The lowest BCUT2D eigenvalue weighted by atomic mass is 10.2. The Balaban J connectivity index is 1.71. The van der Waals surface area contributed by atoms with Crippen LogP contribution >= 0.6 is 0 Å². The number of hydrogen-bond acceptors (Lipinski definition) is 9. The van der Waals surface area contributed by atoms with Crippen molar-refractivity contribution in [2.75, 3.05) is 43.3 Å². The van der Waals surface area contributed by atoms with Crippen LogP contribution in [0.3, 0.4) is 0 Å². The van der Waals surface area contributed by atoms with Crippen LogP contribution in [-0.4, -0.2) is 52.2 Å². The van der Waals surface area contributed by atoms with Crippen LogP contribution in [0.5, 0.6) is 11.5 Å². The molecule has 37 heavy (non-hydrogen) atoms. The highest BCUT2D eigenvalue weighted by Gasteiger charge is 2.20. The maximum Gasteiger partial charge on any atom is 0.263 e. The van der Waals surface area contributed by atoms with E-state index in [0.717, 1.165) is 0 Å². The first-order valence-electron chi connectivity index (χ1n) is 11.0. The summed E-state index contributed by atoms with van der Waals surface area (Å²) in [5, 5.41) is 5.70. The summed E-state index contributed by atoms with van der Waals surface area (Å²) >= 11 is 0. The lowest BCUT2D eigenvalue weighted by Gasteiger charge is -2.15. The molecule has 0 saturated carbocycles. The van der Waals surface area contributed by atoms with Crippen molar-refractivity contribution in [3.05, 3.63) is 66.7 Å². The van der Waals surface area contributed by atoms with Gasteiger partial charge in [-0.15, -0.1) is 0 Å². The zero-order valence-corrected chi connectivity index (χ0v) is 21.1. The normalized spacial score (nSPS) is 11.1. The highest BCUT2D eigenvalue weighted by atomic mass is 32.2. The number of fused-ring (bicyclic) bond motifs is 1. The summed E-state index contributed by atoms with van der Waals surface area (Å²) in [6, 6.07) is 18.1. The van der Waals surface area contributed by atoms with Gasteiger partial charge in [0.2, 0.25) is 5.91 Å². The Morgan fingerprint density at radius 3 is 2.08 bits per heavy atom. The summed E-state index contributed by atoms with van der Waals surface area (Å²) in [6.45, 7) is -0.161. The fourth-order valence-electron chi connectivity index (χ4n) is 3.43. The van der Waals surface area contributed by atoms with Crippen LogP contribution in [0.25, 0.3) is 11.0 Å². The van der Waals surface area contributed by atoms with Crippen molar-refractivity contribution in [1.29, 1.82) is 0 Å². The second-order valence-electron chi connectivity index (χ2n) is 7.75. The maximum absolute atomic E-state index is 13.3. The molecule has 192 valence electrons. The van der Waals surface area contributed by atoms with Gasteiger partial charge in [0.15, 0.2) is 11.6 Å². The molecular formula is C25H25N5O6S. The van der Waals surface area contributed by atoms with E-state index >= 15 is 0 Å². The van der Waals surface area contributed by atoms with Crippen LogP contribution in [0, 0.1) is 0 Å². The average Bonchev–Trinajstić information content (AvgIpc) is 2.89. The van der Waals surface area contributed by atoms with E-state index in [4.69, 9.17) is 14.2 Å². The lowest BCUT2D eigenvalue weighted by molar-refractivity contribution is -0.119. The van der Waals surface area contributed by atoms with Gasteiger partial charge in [-0.3, -0.25) is 9.52 Å². The van der Waals surface area contributed by atoms with Gasteiger partial charge in [-0.25, -0.2) is 18.4 Å². The third kappa shape index (κ3) is 6.23. The van der Waals surface area contributed by atoms with E-state index in [1.165, 1.54) is 39.5 Å². The first-order chi connectivity index (χ1) is 17.8. The van der Waals surface area contributed by atoms with E-state index in [0.29, 0.717) is 33.9 Å². The van der Waals surface area contributed by atoms with Gasteiger partial charge in [-0.1, -0.05) is 18.2 Å². The van der Waals surface area contributed by atoms with Gasteiger partial charge in [0.1, 0.15) is 18.1 Å². The number of sulfonamides is 1. The zero-order chi connectivity index (χ0) is 26.4. The molecule has 1 aromatic heterocycles. The lowest BCUT2D eigenvalue weighted by Crippen LogP contribution is -2.18. The van der Waals surface area contributed by atoms with Gasteiger partial charge in [0, 0.05) is 36.7 Å². The maximum atomic E-state index is 13.3. The Bertz CT molecular complexity index is 1520. The average molecular weight is 524 g/mol. The molecule has 3 N–H and O–H groups in total. The molecule has 0 saturated heterocycles. The summed E-state index contributed by atoms with van der Waals surface area (Å²) in [5.74, 6) is 0.803. The van der Waals surface area contributed by atoms with Gasteiger partial charge in [0.05, 0.1) is 30.1 Å². The van der Waals surface area contributed by atoms with E-state index in [1.54, 1.807) is 42.5 Å². The third-order valence-corrected chi connectivity index (χ3v) is 6.46. The van der Waals surface area contributed by atoms with E-state index in [1.807, 2.05) is 6.07 Å². The van der Waals surface area contributed by atoms with Crippen molar-refractivity contribution in [2.45, 2.75) is 4.90 Å². The van der Waals surface area contributed by atoms with Crippen molar-refractivity contribution in [1.82, 2.24) is 9.97 Å². The number of carbonyl (C=O) groups is 1. The quantitative estimate of drug-likeness (QED) is 0.283. The molecule has 1 heterocycles. The molecule has 12 heteroatoms. The first-order valence-corrected chi connectivity index (χ1v) is 12.5. The second kappa shape index (κ2) is 11.1. The SMILES string of the molecule is COCC(=O)Nc1cccc(S(=O)(=O)Nc2nc3ccccc3nc2Nc2cc(OC)cc(OC)c2)c1. The molecule has 0 fully saturated rings. The van der Waals surface area contributed by atoms with Gasteiger partial charge < -0.3 is 24.8 Å². The van der Waals surface area contributed by atoms with Crippen molar-refractivity contribution >= 4 is 50.0 Å². The Hall–Kier alpha value is -4.42. The topological polar surface area (TPSA) is 141 Å². The van der Waals surface area contributed by atoms with Crippen molar-refractivity contribution < 1.29 is 27.4 Å². The van der Waals surface area contributed by atoms with Crippen LogP contribution in [-0.2, 0) is 19.6 Å². The summed E-state index contributed by atoms with van der Waals surface area (Å²) in [6.07, 6.45) is 0. The zero-order valence-electron chi connectivity index (χ0n) is 20.3. The molecule has 0 spiro atoms. The van der Waals surface area contributed by atoms with Gasteiger partial charge in [-0.05, 0) is 30.3 Å². The molecule has 0 aliphatic rings. The highest BCUT2D eigenvalue weighted by molar-refractivity contribution is 7.92. The van der Waals surface area contributed by atoms with Crippen LogP contribution in [0.2, 0.25) is 0 Å². The van der Waals surface area contributed by atoms with Crippen LogP contribution in [0.4, 0.5) is 23.0 Å². The standard InChI is InChI=1S/C25H25N5O6S/c1-34-15-23(31)26-16-7-6-8-20(13-16)37(32,33)30-25-24(28-21-9-4-5-10-22(21)29-25)27-17-11-18(35-2)14-19(12-17)36-3/h4-14H,15H2,1-3H3,(H,26,31)(H,27,28)(H,29,30). The van der Waals surface area contributed by atoms with Gasteiger partial charge in [0.25, 0.3) is 10.0 Å². The number of methoxy groups -OCH3 is 3. The summed E-state index contributed by atoms with van der Waals surface area (Å²) in [5.41, 5.74) is 1.90. The molecule has 0 bridgehead atoms. The minimum Gasteiger partial charge on any atom is -0.497 e. The summed E-state index contributed by atoms with van der Waals surface area (Å²) in [7, 11) is 0.329. The minimum atomic E-state index is -4.12. The molecule has 3 aromatic carbocycles. The van der Waals surface area contributed by atoms with Crippen LogP contribution in [0.1, 0.15) is 0 Å². The molecule has 0 radical (unpaired) electrons. The summed E-state index contributed by atoms with van der Waals surface area (Å²) < 4.78 is 44.6. The number of rotatable bonds is 10. The molecule has 1 amide bonds. The van der Waals surface area contributed by atoms with Crippen molar-refractivity contribution in [3.8, 4) is 11.5 Å². The number of anilines is 4. The Morgan fingerprint density at radius 1 is 0.811 bits per heavy atom. The summed E-state index contributed by atoms with van der Waals surface area (Å²) in [4.78, 5) is 20.9. The van der Waals surface area contributed by atoms with Gasteiger partial charge in [-0.2, -0.15) is 0 Å². The third-order valence-electron chi connectivity index (χ3n) is 5.12. The molecule has 0 aliphatic carbocycles. The van der Waals surface area contributed by atoms with Crippen LogP contribution < -0.4 is 24.8 Å². The number of ether oxygens (including phenoxy) is 3. The molecular weight excluding hydrogens is 498 g/mol. The number of nitrogens with zero attached hydrogens (tertiary/aromatic N) is 2. The second-order valence-corrected chi connectivity index (χ2v) is 9.43. The van der Waals surface area contributed by atoms with E-state index in [9.17, 15) is 13.2 Å².